The van der Waals surface area contributed by atoms with Crippen molar-refractivity contribution in [3.63, 3.8) is 0 Å². The summed E-state index contributed by atoms with van der Waals surface area (Å²) in [6.45, 7) is 0.505. The fourth-order valence-electron chi connectivity index (χ4n) is 1.78. The Morgan fingerprint density at radius 3 is 2.57 bits per heavy atom. The van der Waals surface area contributed by atoms with Crippen LogP contribution < -0.4 is 11.5 Å². The molecule has 0 spiro atoms. The minimum atomic E-state index is -0.696. The van der Waals surface area contributed by atoms with Gasteiger partial charge < -0.3 is 20.8 Å². The van der Waals surface area contributed by atoms with Gasteiger partial charge in [0.2, 0.25) is 0 Å². The summed E-state index contributed by atoms with van der Waals surface area (Å²) in [6, 6.07) is 9.39. The number of aromatic nitrogens is 2. The Morgan fingerprint density at radius 2 is 1.95 bits per heavy atom. The predicted molar refractivity (Wildman–Crippen MR) is 76.0 cm³/mol. The van der Waals surface area contributed by atoms with Crippen LogP contribution in [0, 0.1) is 0 Å². The number of nitrogen functional groups attached to an aromatic ring is 1. The van der Waals surface area contributed by atoms with Crippen molar-refractivity contribution in [3.05, 3.63) is 47.9 Å². The highest BCUT2D eigenvalue weighted by Gasteiger charge is 2.13. The first-order chi connectivity index (χ1) is 10.1. The number of anilines is 1. The fourth-order valence-corrected chi connectivity index (χ4v) is 1.78. The molecule has 110 valence electrons. The lowest BCUT2D eigenvalue weighted by Gasteiger charge is -2.06. The van der Waals surface area contributed by atoms with Gasteiger partial charge in [-0.05, 0) is 5.56 Å². The van der Waals surface area contributed by atoms with Crippen LogP contribution in [-0.2, 0) is 22.7 Å². The van der Waals surface area contributed by atoms with E-state index in [2.05, 4.69) is 4.98 Å². The minimum Gasteiger partial charge on any atom is -0.461 e. The number of rotatable bonds is 6. The molecule has 1 heterocycles. The lowest BCUT2D eigenvalue weighted by molar-refractivity contribution is -0.145. The molecule has 0 fully saturated rings. The summed E-state index contributed by atoms with van der Waals surface area (Å²) in [5, 5.41) is 0. The fraction of sp³-hybridized carbons (Fsp3) is 0.214. The first kappa shape index (κ1) is 14.6. The molecule has 21 heavy (non-hydrogen) atoms. The van der Waals surface area contributed by atoms with Crippen LogP contribution in [-0.4, -0.2) is 21.4 Å². The van der Waals surface area contributed by atoms with E-state index in [0.717, 1.165) is 5.56 Å². The summed E-state index contributed by atoms with van der Waals surface area (Å²) in [6.07, 6.45) is 1.51. The quantitative estimate of drug-likeness (QED) is 0.759. The van der Waals surface area contributed by atoms with Crippen LogP contribution in [0.1, 0.15) is 22.5 Å². The van der Waals surface area contributed by atoms with Gasteiger partial charge in [0.15, 0.2) is 5.69 Å². The number of nitrogens with two attached hydrogens (primary N) is 2. The van der Waals surface area contributed by atoms with Crippen molar-refractivity contribution in [1.82, 2.24) is 9.55 Å². The van der Waals surface area contributed by atoms with E-state index in [1.54, 1.807) is 0 Å². The highest BCUT2D eigenvalue weighted by Crippen LogP contribution is 2.10. The monoisotopic (exact) mass is 288 g/mol. The number of imidazole rings is 1. The molecule has 0 bridgehead atoms. The van der Waals surface area contributed by atoms with Gasteiger partial charge in [0.25, 0.3) is 5.91 Å². The average molecular weight is 288 g/mol. The Kier molecular flexibility index (Phi) is 4.55. The summed E-state index contributed by atoms with van der Waals surface area (Å²) >= 11 is 0. The number of benzene rings is 1. The van der Waals surface area contributed by atoms with Crippen LogP contribution in [0.2, 0.25) is 0 Å². The largest absolute Gasteiger partial charge is 0.461 e. The van der Waals surface area contributed by atoms with E-state index in [9.17, 15) is 9.59 Å². The zero-order chi connectivity index (χ0) is 15.2. The topological polar surface area (TPSA) is 113 Å². The van der Waals surface area contributed by atoms with Crippen molar-refractivity contribution in [2.45, 2.75) is 19.6 Å². The third kappa shape index (κ3) is 3.82. The van der Waals surface area contributed by atoms with E-state index < -0.39 is 5.91 Å². The third-order valence-corrected chi connectivity index (χ3v) is 2.91. The molecule has 0 atom stereocenters. The van der Waals surface area contributed by atoms with Crippen LogP contribution in [0.4, 0.5) is 5.82 Å². The molecule has 0 saturated carbocycles. The molecule has 4 N–H and O–H groups in total. The van der Waals surface area contributed by atoms with Crippen molar-refractivity contribution >= 4 is 17.7 Å². The molecule has 7 heteroatoms. The molecule has 0 saturated heterocycles. The number of aryl methyl sites for hydroxylation is 1. The van der Waals surface area contributed by atoms with Crippen molar-refractivity contribution < 1.29 is 14.3 Å². The highest BCUT2D eigenvalue weighted by molar-refractivity contribution is 5.95. The van der Waals surface area contributed by atoms with Gasteiger partial charge >= 0.3 is 5.97 Å². The maximum atomic E-state index is 11.7. The molecule has 1 aromatic heterocycles. The molecule has 2 rings (SSSR count). The maximum Gasteiger partial charge on any atom is 0.307 e. The van der Waals surface area contributed by atoms with Gasteiger partial charge in [-0.15, -0.1) is 0 Å². The molecule has 1 aromatic carbocycles. The van der Waals surface area contributed by atoms with E-state index >= 15 is 0 Å². The summed E-state index contributed by atoms with van der Waals surface area (Å²) in [5.41, 5.74) is 11.7. The van der Waals surface area contributed by atoms with Crippen molar-refractivity contribution in [1.29, 1.82) is 0 Å². The van der Waals surface area contributed by atoms with Crippen LogP contribution in [0.3, 0.4) is 0 Å². The second-order valence-corrected chi connectivity index (χ2v) is 4.43. The van der Waals surface area contributed by atoms with Gasteiger partial charge in [0.1, 0.15) is 12.4 Å². The summed E-state index contributed by atoms with van der Waals surface area (Å²) in [7, 11) is 0. The summed E-state index contributed by atoms with van der Waals surface area (Å²) < 4.78 is 6.63. The van der Waals surface area contributed by atoms with E-state index in [1.165, 1.54) is 10.9 Å². The summed E-state index contributed by atoms with van der Waals surface area (Å²) in [4.78, 5) is 26.5. The molecule has 0 aliphatic carbocycles. The number of ether oxygens (including phenoxy) is 1. The van der Waals surface area contributed by atoms with Gasteiger partial charge in [-0.1, -0.05) is 30.3 Å². The number of hydrogen-bond donors (Lipinski definition) is 2. The number of esters is 1. The molecule has 0 unspecified atom stereocenters. The van der Waals surface area contributed by atoms with Crippen LogP contribution in [0.15, 0.2) is 36.7 Å². The second-order valence-electron chi connectivity index (χ2n) is 4.43. The Hall–Kier alpha value is -2.83. The SMILES string of the molecule is NC(=O)c1ncn(CCC(=O)OCc2ccccc2)c1N. The maximum absolute atomic E-state index is 11.7. The Morgan fingerprint density at radius 1 is 1.24 bits per heavy atom. The number of primary amides is 1. The van der Waals surface area contributed by atoms with Gasteiger partial charge in [-0.3, -0.25) is 9.59 Å². The molecular formula is C14H16N4O3. The average Bonchev–Trinajstić information content (AvgIpc) is 2.85. The van der Waals surface area contributed by atoms with Gasteiger partial charge in [0.05, 0.1) is 12.7 Å². The number of amides is 1. The zero-order valence-electron chi connectivity index (χ0n) is 11.4. The molecule has 7 nitrogen and oxygen atoms in total. The molecule has 0 aliphatic heterocycles. The summed E-state index contributed by atoms with van der Waals surface area (Å²) in [5.74, 6) is -0.899. The standard InChI is InChI=1S/C14H16N4O3/c15-13-12(14(16)20)17-9-18(13)7-6-11(19)21-8-10-4-2-1-3-5-10/h1-5,9H,6-8,15H2,(H2,16,20). The second kappa shape index (κ2) is 6.56. The highest BCUT2D eigenvalue weighted by atomic mass is 16.5. The van der Waals surface area contributed by atoms with Gasteiger partial charge in [-0.2, -0.15) is 0 Å². The smallest absolute Gasteiger partial charge is 0.307 e. The number of hydrogen-bond acceptors (Lipinski definition) is 5. The normalized spacial score (nSPS) is 10.3. The van der Waals surface area contributed by atoms with Crippen LogP contribution in [0.5, 0.6) is 0 Å². The lowest BCUT2D eigenvalue weighted by Crippen LogP contribution is -2.15. The van der Waals surface area contributed by atoms with Crippen LogP contribution in [0.25, 0.3) is 0 Å². The van der Waals surface area contributed by atoms with Gasteiger partial charge in [0, 0.05) is 6.54 Å². The number of nitrogens with zero attached hydrogens (tertiary/aromatic N) is 2. The molecule has 0 aliphatic rings. The van der Waals surface area contributed by atoms with E-state index in [0.29, 0.717) is 0 Å². The molecule has 0 radical (unpaired) electrons. The molecule has 2 aromatic rings. The van der Waals surface area contributed by atoms with Crippen molar-refractivity contribution in [2.24, 2.45) is 5.73 Å². The Balaban J connectivity index is 1.83. The van der Waals surface area contributed by atoms with E-state index in [-0.39, 0.29) is 37.1 Å². The minimum absolute atomic E-state index is 0.00709. The number of carbonyl (C=O) groups excluding carboxylic acids is 2. The van der Waals surface area contributed by atoms with Crippen molar-refractivity contribution in [2.75, 3.05) is 5.73 Å². The Labute approximate surface area is 121 Å². The third-order valence-electron chi connectivity index (χ3n) is 2.91. The Bertz CT molecular complexity index is 637. The molecule has 1 amide bonds. The number of carbonyl (C=O) groups is 2. The lowest BCUT2D eigenvalue weighted by atomic mass is 10.2. The first-order valence-electron chi connectivity index (χ1n) is 6.38. The first-order valence-corrected chi connectivity index (χ1v) is 6.38. The van der Waals surface area contributed by atoms with Crippen molar-refractivity contribution in [3.8, 4) is 0 Å². The van der Waals surface area contributed by atoms with Crippen LogP contribution >= 0.6 is 0 Å². The van der Waals surface area contributed by atoms with E-state index in [1.807, 2.05) is 30.3 Å². The zero-order valence-corrected chi connectivity index (χ0v) is 11.4. The van der Waals surface area contributed by atoms with E-state index in [4.69, 9.17) is 16.2 Å². The molecular weight excluding hydrogens is 272 g/mol. The predicted octanol–water partition coefficient (Wildman–Crippen LogP) is 0.698. The van der Waals surface area contributed by atoms with Gasteiger partial charge in [-0.25, -0.2) is 4.98 Å².